The van der Waals surface area contributed by atoms with Gasteiger partial charge in [-0.05, 0) is 171 Å². The lowest BCUT2D eigenvalue weighted by Gasteiger charge is -2.56. The zero-order chi connectivity index (χ0) is 63.4. The Kier molecular flexibility index (Phi) is 24.5. The summed E-state index contributed by atoms with van der Waals surface area (Å²) in [5.74, 6) is 0.237. The lowest BCUT2D eigenvalue weighted by Crippen LogP contribution is -2.69. The number of fused-ring (bicyclic) bond motifs is 15. The van der Waals surface area contributed by atoms with Crippen LogP contribution in [0.15, 0.2) is 66.8 Å². The molecular weight excluding hydrogens is 1120 g/mol. The van der Waals surface area contributed by atoms with Crippen molar-refractivity contribution < 1.29 is 56.1 Å². The van der Waals surface area contributed by atoms with Gasteiger partial charge in [0.25, 0.3) is 0 Å². The molecule has 12 nitrogen and oxygen atoms in total. The molecule has 15 heteroatoms. The molecule has 1 aromatic carbocycles. The number of rotatable bonds is 12. The topological polar surface area (TPSA) is 134 Å². The van der Waals surface area contributed by atoms with E-state index in [0.29, 0.717) is 55.9 Å². The summed E-state index contributed by atoms with van der Waals surface area (Å²) in [4.78, 5) is 42.1. The molecule has 6 aliphatic rings. The van der Waals surface area contributed by atoms with Gasteiger partial charge in [-0.25, -0.2) is 4.79 Å². The molecule has 4 saturated heterocycles. The Morgan fingerprint density at radius 1 is 0.659 bits per heavy atom. The summed E-state index contributed by atoms with van der Waals surface area (Å²) >= 11 is 0. The highest BCUT2D eigenvalue weighted by Crippen LogP contribution is 2.49. The first kappa shape index (κ1) is 71.5. The number of esters is 2. The molecule has 0 radical (unpaired) electrons. The predicted octanol–water partition coefficient (Wildman–Crippen LogP) is 16.9. The minimum atomic E-state index is -2.63. The van der Waals surface area contributed by atoms with Crippen LogP contribution in [-0.2, 0) is 51.3 Å². The number of ketones is 1. The molecule has 7 rings (SSSR count). The monoisotopic (exact) mass is 1230 g/mol. The van der Waals surface area contributed by atoms with E-state index < -0.39 is 79.8 Å². The second-order valence-electron chi connectivity index (χ2n) is 31.5. The summed E-state index contributed by atoms with van der Waals surface area (Å²) in [6, 6.07) is 9.20. The highest BCUT2D eigenvalue weighted by atomic mass is 28.4. The zero-order valence-corrected chi connectivity index (χ0v) is 59.9. The molecule has 3 unspecified atom stereocenters. The van der Waals surface area contributed by atoms with Crippen LogP contribution in [0, 0.1) is 29.6 Å². The minimum Gasteiger partial charge on any atom is -0.458 e. The lowest BCUT2D eigenvalue weighted by atomic mass is 9.78. The highest BCUT2D eigenvalue weighted by Gasteiger charge is 2.58. The second kappa shape index (κ2) is 29.1. The van der Waals surface area contributed by atoms with Crippen molar-refractivity contribution in [1.82, 2.24) is 0 Å². The minimum absolute atomic E-state index is 0.0298. The number of hydrogen-bond acceptors (Lipinski definition) is 12. The number of hydrogen-bond donors (Lipinski definition) is 0. The van der Waals surface area contributed by atoms with Crippen molar-refractivity contribution in [1.29, 1.82) is 0 Å². The van der Waals surface area contributed by atoms with Gasteiger partial charge in [-0.2, -0.15) is 0 Å². The van der Waals surface area contributed by atoms with Gasteiger partial charge in [0.1, 0.15) is 42.4 Å². The summed E-state index contributed by atoms with van der Waals surface area (Å²) in [6.45, 7) is 55.9. The summed E-state index contributed by atoms with van der Waals surface area (Å²) in [7, 11) is -7.82. The largest absolute Gasteiger partial charge is 0.458 e. The fourth-order valence-electron chi connectivity index (χ4n) is 12.6. The number of ether oxygens (including phenoxy) is 6. The van der Waals surface area contributed by atoms with Crippen LogP contribution in [0.3, 0.4) is 0 Å². The van der Waals surface area contributed by atoms with Crippen molar-refractivity contribution in [2.75, 3.05) is 0 Å². The first-order valence-electron chi connectivity index (χ1n) is 33.0. The van der Waals surface area contributed by atoms with Gasteiger partial charge < -0.3 is 41.7 Å². The Bertz CT molecular complexity index is 2420. The number of carbonyl (C=O) groups excluding carboxylic acids is 3. The van der Waals surface area contributed by atoms with Gasteiger partial charge in [-0.3, -0.25) is 9.59 Å². The van der Waals surface area contributed by atoms with Gasteiger partial charge in [0.05, 0.1) is 48.3 Å². The Hall–Kier alpha value is -2.58. The van der Waals surface area contributed by atoms with E-state index in [4.69, 9.17) is 41.7 Å². The summed E-state index contributed by atoms with van der Waals surface area (Å²) in [6.07, 6.45) is 7.38. The van der Waals surface area contributed by atoms with Crippen molar-refractivity contribution in [2.45, 2.75) is 321 Å². The van der Waals surface area contributed by atoms with Crippen molar-refractivity contribution in [3.63, 3.8) is 0 Å². The van der Waals surface area contributed by atoms with Gasteiger partial charge in [0, 0.05) is 26.2 Å². The Labute approximate surface area is 519 Å². The maximum Gasteiger partial charge on any atom is 0.338 e. The van der Waals surface area contributed by atoms with Crippen LogP contribution in [0.5, 0.6) is 0 Å². The van der Waals surface area contributed by atoms with Gasteiger partial charge >= 0.3 is 11.9 Å². The third-order valence-electron chi connectivity index (χ3n) is 21.5. The molecule has 6 heterocycles. The van der Waals surface area contributed by atoms with Gasteiger partial charge in [-0.1, -0.05) is 141 Å². The summed E-state index contributed by atoms with van der Waals surface area (Å²) in [5.41, 5.74) is 2.45. The van der Waals surface area contributed by atoms with Crippen LogP contribution < -0.4 is 0 Å². The molecule has 482 valence electrons. The van der Waals surface area contributed by atoms with Crippen LogP contribution in [0.4, 0.5) is 0 Å². The predicted molar refractivity (Wildman–Crippen MR) is 350 cm³/mol. The van der Waals surface area contributed by atoms with Gasteiger partial charge in [-0.15, -0.1) is 0 Å². The van der Waals surface area contributed by atoms with Crippen molar-refractivity contribution in [2.24, 2.45) is 29.6 Å². The number of Topliss-reactive ketones (excluding diaryl/α,β-unsaturated/α-hetero) is 1. The van der Waals surface area contributed by atoms with E-state index in [-0.39, 0.29) is 81.6 Å². The van der Waals surface area contributed by atoms with E-state index in [1.165, 1.54) is 6.92 Å². The Balaban J connectivity index is 1.49. The zero-order valence-electron chi connectivity index (χ0n) is 56.9. The molecule has 1 aromatic rings. The first-order chi connectivity index (χ1) is 39.3. The van der Waals surface area contributed by atoms with E-state index in [0.717, 1.165) is 49.7 Å². The van der Waals surface area contributed by atoms with Crippen molar-refractivity contribution >= 4 is 42.7 Å². The fourth-order valence-corrected chi connectivity index (χ4v) is 16.4. The molecule has 0 N–H and O–H groups in total. The molecule has 0 spiro atoms. The summed E-state index contributed by atoms with van der Waals surface area (Å²) < 4.78 is 64.9. The maximum atomic E-state index is 15.0. The third kappa shape index (κ3) is 18.8. The van der Waals surface area contributed by atoms with Crippen LogP contribution >= 0.6 is 0 Å². The van der Waals surface area contributed by atoms with E-state index >= 15 is 0 Å². The molecule has 6 aliphatic heterocycles. The van der Waals surface area contributed by atoms with E-state index in [1.54, 1.807) is 12.1 Å². The van der Waals surface area contributed by atoms with Crippen LogP contribution in [-0.4, -0.2) is 122 Å². The molecule has 85 heavy (non-hydrogen) atoms. The second-order valence-corrected chi connectivity index (χ2v) is 45.8. The molecule has 0 saturated carbocycles. The Morgan fingerprint density at radius 2 is 1.24 bits per heavy atom. The van der Waals surface area contributed by atoms with E-state index in [9.17, 15) is 14.4 Å². The molecule has 0 amide bonds. The van der Waals surface area contributed by atoms with Crippen LogP contribution in [0.25, 0.3) is 0 Å². The molecular formula is C70H118O12Si3. The highest BCUT2D eigenvalue weighted by molar-refractivity contribution is 6.75. The van der Waals surface area contributed by atoms with Crippen LogP contribution in [0.2, 0.25) is 54.4 Å². The standard InChI is InChI=1S/C70H118O12Si3/c1-24-44(2)39-60-49(7)56-42-52(72)41-55-34-36-58-63(76-55)65(81-84(20,21)69(12,13)14)66(82-85(22,23)70(15,16)17)64(79-58)59(80-83(18,19)68(9,10)11)37-33-53(77-67(73)51-28-26-25-27-29-51)31-32-54-40-47(5)57(75-54)35-30-45(3)38-46(4)48(6)61(74-50(8)71)43-62(56)78-60/h25-29,33,37,44-46,49,53-66H,5-6,24,30-32,34-36,38-43H2,1-4,7-23H3/b37-33+/t44-,45-,46-,49-,53?,54?,55-,56?,57+,58+,59+,60-,61-,62+,63+,64+,65+,66-/m1/s1. The average molecular weight is 1240 g/mol. The quantitative estimate of drug-likeness (QED) is 0.112. The first-order valence-corrected chi connectivity index (χ1v) is 41.7. The summed E-state index contributed by atoms with van der Waals surface area (Å²) in [5, 5.41) is -0.516. The number of carbonyl (C=O) groups is 3. The maximum absolute atomic E-state index is 15.0. The third-order valence-corrected chi connectivity index (χ3v) is 34.9. The molecule has 0 aromatic heterocycles. The lowest BCUT2D eigenvalue weighted by molar-refractivity contribution is -0.266. The van der Waals surface area contributed by atoms with Crippen molar-refractivity contribution in [3.8, 4) is 0 Å². The molecule has 6 bridgehead atoms. The number of benzene rings is 1. The normalized spacial score (nSPS) is 34.7. The Morgan fingerprint density at radius 3 is 1.82 bits per heavy atom. The fraction of sp³-hybridized carbons (Fsp3) is 0.786. The average Bonchev–Trinajstić information content (AvgIpc) is 2.78. The van der Waals surface area contributed by atoms with E-state index in [1.807, 2.05) is 24.3 Å². The van der Waals surface area contributed by atoms with Crippen molar-refractivity contribution in [3.05, 3.63) is 72.4 Å². The smallest absolute Gasteiger partial charge is 0.338 e. The molecule has 4 fully saturated rings. The molecule has 0 aliphatic carbocycles. The van der Waals surface area contributed by atoms with Crippen LogP contribution in [0.1, 0.15) is 198 Å². The molecule has 18 atom stereocenters. The van der Waals surface area contributed by atoms with Gasteiger partial charge in [0.2, 0.25) is 0 Å². The van der Waals surface area contributed by atoms with E-state index in [2.05, 4.69) is 155 Å². The SMILES string of the molecule is C=C1CC2CCC(OC(=O)c3ccccc3)/C=C/[C@H](O[Si](C)(C)C(C)(C)C)[C@@H]3O[C@H]4CC[C@H](CC(=O)CC5[C@H](C[C@@H](OC(C)=O)C(=C)[C@H](C)C[C@H](C)CC[C@@H]1O2)O[C@H](C[C@H](C)CC)[C@@H]5C)O[C@@H]4[C@H](O[Si](C)(C)C(C)(C)C)[C@@H]3O[Si](C)(C)C(C)(C)C. The van der Waals surface area contributed by atoms with Gasteiger partial charge in [0.15, 0.2) is 25.0 Å².